The van der Waals surface area contributed by atoms with Gasteiger partial charge in [0, 0.05) is 66.3 Å². The van der Waals surface area contributed by atoms with E-state index in [1.807, 2.05) is 23.9 Å². The first-order valence-electron chi connectivity index (χ1n) is 27.4. The summed E-state index contributed by atoms with van der Waals surface area (Å²) < 4.78 is 9.37. The highest BCUT2D eigenvalue weighted by Gasteiger charge is 2.39. The van der Waals surface area contributed by atoms with E-state index in [0.29, 0.717) is 28.9 Å². The van der Waals surface area contributed by atoms with Crippen LogP contribution in [0.3, 0.4) is 0 Å². The van der Waals surface area contributed by atoms with Gasteiger partial charge in [0.25, 0.3) is 0 Å². The topological polar surface area (TPSA) is 67.3 Å². The lowest BCUT2D eigenvalue weighted by Gasteiger charge is -2.22. The normalized spacial score (nSPS) is 15.5. The first-order chi connectivity index (χ1) is 38.8. The molecule has 5 heterocycles. The van der Waals surface area contributed by atoms with Gasteiger partial charge in [0.1, 0.15) is 12.1 Å². The fourth-order valence-corrected chi connectivity index (χ4v) is 15.1. The first kappa shape index (κ1) is 45.6. The van der Waals surface area contributed by atoms with Crippen LogP contribution in [0, 0.1) is 29.6 Å². The van der Waals surface area contributed by atoms with Crippen LogP contribution in [0.4, 0.5) is 0 Å². The Bertz CT molecular complexity index is 4860. The zero-order valence-corrected chi connectivity index (χ0v) is 44.8. The number of allylic oxidation sites excluding steroid dienone is 5. The van der Waals surface area contributed by atoms with Crippen LogP contribution < -0.4 is 0 Å². The van der Waals surface area contributed by atoms with Crippen molar-refractivity contribution in [2.75, 3.05) is 0 Å². The van der Waals surface area contributed by atoms with E-state index in [2.05, 4.69) is 239 Å². The Hall–Kier alpha value is -9.53. The molecule has 8 aromatic carbocycles. The Labute approximate surface area is 462 Å². The summed E-state index contributed by atoms with van der Waals surface area (Å²) in [5.74, 6) is 0. The second kappa shape index (κ2) is 17.0. The average molecular weight is 1030 g/mol. The highest BCUT2D eigenvalue weighted by Crippen LogP contribution is 2.53. The van der Waals surface area contributed by atoms with E-state index in [9.17, 15) is 10.5 Å². The van der Waals surface area contributed by atoms with E-state index in [-0.39, 0.29) is 5.41 Å². The number of hydrogen-bond donors (Lipinski definition) is 0. The van der Waals surface area contributed by atoms with Crippen LogP contribution >= 0.6 is 11.8 Å². The summed E-state index contributed by atoms with van der Waals surface area (Å²) in [5.41, 5.74) is 23.1. The van der Waals surface area contributed by atoms with Gasteiger partial charge in [0.2, 0.25) is 0 Å². The van der Waals surface area contributed by atoms with E-state index in [4.69, 9.17) is 0 Å². The van der Waals surface area contributed by atoms with Crippen molar-refractivity contribution >= 4 is 90.1 Å². The largest absolute Gasteiger partial charge is 0.313 e. The SMILES string of the molecule is Cc1c(/C=C2\Cc3ccccc3S2)n(-c2cc(C#N)c(-n3c4c(c5cc(-n6c7ccccc7c7ccccc76)ccc53)CC=C3C(=C4)C(C)(C)c4ccccc43)cc2C#N)c2ccc(-n3c4c(c5ccccc53)C=CCC4)cc12. The zero-order valence-electron chi connectivity index (χ0n) is 44.0. The summed E-state index contributed by atoms with van der Waals surface area (Å²) >= 11 is 1.81. The molecule has 0 spiro atoms. The molecule has 0 atom stereocenters. The first-order valence-corrected chi connectivity index (χ1v) is 28.2. The number of aryl methyl sites for hydroxylation is 1. The summed E-state index contributed by atoms with van der Waals surface area (Å²) in [4.78, 5) is 2.51. The van der Waals surface area contributed by atoms with Crippen LogP contribution in [0.5, 0.6) is 0 Å². The van der Waals surface area contributed by atoms with E-state index in [1.165, 1.54) is 76.1 Å². The minimum Gasteiger partial charge on any atom is -0.313 e. The zero-order chi connectivity index (χ0) is 52.8. The van der Waals surface area contributed by atoms with Gasteiger partial charge < -0.3 is 18.3 Å². The third kappa shape index (κ3) is 6.52. The Kier molecular flexibility index (Phi) is 9.81. The maximum Gasteiger partial charge on any atom is 0.101 e. The maximum absolute atomic E-state index is 11.6. The molecule has 0 saturated heterocycles. The molecule has 3 aliphatic carbocycles. The van der Waals surface area contributed by atoms with Gasteiger partial charge in [-0.2, -0.15) is 10.5 Å². The smallest absolute Gasteiger partial charge is 0.101 e. The molecular formula is C72H50N6S. The van der Waals surface area contributed by atoms with Crippen LogP contribution in [0.1, 0.15) is 81.9 Å². The van der Waals surface area contributed by atoms with Gasteiger partial charge in [-0.1, -0.05) is 141 Å². The molecule has 0 unspecified atom stereocenters. The molecule has 0 fully saturated rings. The standard InChI is InChI=1S/C72H50N6S/c1-43-57-37-47(75-61-23-11-6-18-52(61)53-19-7-12-24-62(53)75)28-32-65(57)77(67(43)39-49-34-44-16-4-15-27-71(44)79-49)68-35-46(42-74)69(36-45(68)41-73)78-66-33-29-48(76-63-25-13-8-20-54(63)55-21-9-14-26-64(55)76)38-58(66)56-31-30-51-50-17-5-10-22-59(50)72(2,3)60(51)40-70(56)78/h4-11,13-23,25-30,32-33,35-40H,12,24,31,34H2,1-3H3/b49-39+. The number of aromatic nitrogens is 4. The second-order valence-electron chi connectivity index (χ2n) is 22.1. The van der Waals surface area contributed by atoms with E-state index >= 15 is 0 Å². The molecule has 4 aliphatic rings. The number of hydrogen-bond acceptors (Lipinski definition) is 3. The lowest BCUT2D eigenvalue weighted by Crippen LogP contribution is -2.15. The summed E-state index contributed by atoms with van der Waals surface area (Å²) in [6, 6.07) is 66.5. The molecule has 0 bridgehead atoms. The molecule has 0 amide bonds. The van der Waals surface area contributed by atoms with Gasteiger partial charge >= 0.3 is 0 Å². The lowest BCUT2D eigenvalue weighted by molar-refractivity contribution is 0.664. The highest BCUT2D eigenvalue weighted by atomic mass is 32.2. The predicted octanol–water partition coefficient (Wildman–Crippen LogP) is 17.6. The molecule has 6 nitrogen and oxygen atoms in total. The predicted molar refractivity (Wildman–Crippen MR) is 326 cm³/mol. The molecule has 1 aliphatic heterocycles. The number of nitriles is 2. The lowest BCUT2D eigenvalue weighted by atomic mass is 9.82. The minimum atomic E-state index is -0.277. The summed E-state index contributed by atoms with van der Waals surface area (Å²) in [7, 11) is 0. The van der Waals surface area contributed by atoms with E-state index in [0.717, 1.165) is 80.4 Å². The Balaban J connectivity index is 0.934. The quantitative estimate of drug-likeness (QED) is 0.172. The van der Waals surface area contributed by atoms with Crippen LogP contribution in [0.15, 0.2) is 197 Å². The van der Waals surface area contributed by atoms with Crippen molar-refractivity contribution in [3.8, 4) is 34.9 Å². The van der Waals surface area contributed by atoms with Crippen LogP contribution in [0.25, 0.3) is 101 Å². The summed E-state index contributed by atoms with van der Waals surface area (Å²) in [6.45, 7) is 6.87. The van der Waals surface area contributed by atoms with Gasteiger partial charge in [-0.3, -0.25) is 0 Å². The Morgan fingerprint density at radius 1 is 0.595 bits per heavy atom. The number of para-hydroxylation sites is 3. The molecule has 374 valence electrons. The van der Waals surface area contributed by atoms with Crippen molar-refractivity contribution in [1.82, 2.24) is 18.3 Å². The Morgan fingerprint density at radius 3 is 1.94 bits per heavy atom. The van der Waals surface area contributed by atoms with Crippen LogP contribution in [-0.4, -0.2) is 18.3 Å². The molecule has 79 heavy (non-hydrogen) atoms. The minimum absolute atomic E-state index is 0.277. The van der Waals surface area contributed by atoms with Gasteiger partial charge in [0.15, 0.2) is 0 Å². The molecule has 12 aromatic rings. The van der Waals surface area contributed by atoms with Gasteiger partial charge in [0.05, 0.1) is 61.5 Å². The van der Waals surface area contributed by atoms with E-state index in [1.54, 1.807) is 0 Å². The Morgan fingerprint density at radius 2 is 1.20 bits per heavy atom. The molecular weight excluding hydrogens is 981 g/mol. The molecule has 7 heteroatoms. The van der Waals surface area contributed by atoms with Crippen LogP contribution in [0.2, 0.25) is 0 Å². The summed E-state index contributed by atoms with van der Waals surface area (Å²) in [6.07, 6.45) is 15.2. The molecule has 4 aromatic heterocycles. The van der Waals surface area contributed by atoms with Crippen LogP contribution in [-0.2, 0) is 24.7 Å². The monoisotopic (exact) mass is 1030 g/mol. The molecule has 0 N–H and O–H groups in total. The van der Waals surface area contributed by atoms with Crippen molar-refractivity contribution in [3.63, 3.8) is 0 Å². The van der Waals surface area contributed by atoms with Gasteiger partial charge in [-0.25, -0.2) is 0 Å². The van der Waals surface area contributed by atoms with Crippen molar-refractivity contribution in [2.45, 2.75) is 56.8 Å². The fraction of sp³-hybridized carbons (Fsp3) is 0.111. The van der Waals surface area contributed by atoms with Crippen molar-refractivity contribution < 1.29 is 0 Å². The van der Waals surface area contributed by atoms with Gasteiger partial charge in [-0.15, -0.1) is 0 Å². The summed E-state index contributed by atoms with van der Waals surface area (Å²) in [5, 5.41) is 29.2. The number of benzene rings is 8. The second-order valence-corrected chi connectivity index (χ2v) is 23.3. The molecule has 0 radical (unpaired) electrons. The van der Waals surface area contributed by atoms with Crippen molar-refractivity contribution in [3.05, 3.63) is 254 Å². The third-order valence-electron chi connectivity index (χ3n) is 17.6. The molecule has 0 saturated carbocycles. The van der Waals surface area contributed by atoms with E-state index < -0.39 is 0 Å². The highest BCUT2D eigenvalue weighted by molar-refractivity contribution is 8.03. The van der Waals surface area contributed by atoms with Crippen molar-refractivity contribution in [1.29, 1.82) is 10.5 Å². The number of thioether (sulfide) groups is 1. The number of nitrogens with zero attached hydrogens (tertiary/aromatic N) is 6. The maximum atomic E-state index is 11.6. The molecule has 16 rings (SSSR count). The van der Waals surface area contributed by atoms with Crippen molar-refractivity contribution in [2.24, 2.45) is 0 Å². The number of fused-ring (bicyclic) bond motifs is 14. The third-order valence-corrected chi connectivity index (χ3v) is 18.8. The fourth-order valence-electron chi connectivity index (χ4n) is 14.0. The van der Waals surface area contributed by atoms with Gasteiger partial charge in [-0.05, 0) is 155 Å². The average Bonchev–Trinajstić information content (AvgIpc) is 4.32. The number of rotatable bonds is 5.